The highest BCUT2D eigenvalue weighted by Gasteiger charge is 2.25. The topological polar surface area (TPSA) is 67.4 Å². The van der Waals surface area contributed by atoms with Crippen molar-refractivity contribution in [1.82, 2.24) is 10.6 Å². The minimum absolute atomic E-state index is 0.0774. The molecule has 0 rings (SSSR count). The van der Waals surface area contributed by atoms with Crippen LogP contribution in [0.5, 0.6) is 0 Å². The number of methoxy groups -OCH3 is 1. The first-order chi connectivity index (χ1) is 8.08. The van der Waals surface area contributed by atoms with E-state index in [1.807, 2.05) is 27.7 Å². The van der Waals surface area contributed by atoms with E-state index in [0.29, 0.717) is 0 Å². The molecule has 0 aliphatic carbocycles. The van der Waals surface area contributed by atoms with Gasteiger partial charge >= 0.3 is 5.97 Å². The average molecular weight is 258 g/mol. The molecule has 0 aromatic heterocycles. The van der Waals surface area contributed by atoms with Gasteiger partial charge in [0, 0.05) is 11.6 Å². The molecule has 18 heavy (non-hydrogen) atoms. The summed E-state index contributed by atoms with van der Waals surface area (Å²) < 4.78 is 4.68. The first kappa shape index (κ1) is 16.9. The maximum Gasteiger partial charge on any atom is 0.309 e. The van der Waals surface area contributed by atoms with E-state index >= 15 is 0 Å². The van der Waals surface area contributed by atoms with Crippen molar-refractivity contribution in [2.75, 3.05) is 7.11 Å². The van der Waals surface area contributed by atoms with Crippen LogP contribution in [0.1, 0.15) is 41.5 Å². The zero-order chi connectivity index (χ0) is 14.5. The largest absolute Gasteiger partial charge is 0.469 e. The molecule has 0 aliphatic rings. The minimum atomic E-state index is -0.355. The second-order valence-electron chi connectivity index (χ2n) is 5.73. The third-order valence-corrected chi connectivity index (χ3v) is 2.73. The zero-order valence-corrected chi connectivity index (χ0v) is 12.5. The Kier molecular flexibility index (Phi) is 6.32. The summed E-state index contributed by atoms with van der Waals surface area (Å²) in [5.41, 5.74) is -0.260. The lowest BCUT2D eigenvalue weighted by molar-refractivity contribution is -0.146. The van der Waals surface area contributed by atoms with Gasteiger partial charge in [0.1, 0.15) is 0 Å². The summed E-state index contributed by atoms with van der Waals surface area (Å²) in [5.74, 6) is -0.648. The fraction of sp³-hybridized carbons (Fsp3) is 0.846. The maximum atomic E-state index is 11.9. The monoisotopic (exact) mass is 258 g/mol. The van der Waals surface area contributed by atoms with E-state index in [1.54, 1.807) is 13.8 Å². The molecule has 0 aromatic rings. The molecule has 0 fully saturated rings. The number of hydrogen-bond donors (Lipinski definition) is 2. The van der Waals surface area contributed by atoms with Crippen molar-refractivity contribution in [3.8, 4) is 0 Å². The number of esters is 1. The van der Waals surface area contributed by atoms with E-state index in [2.05, 4.69) is 15.4 Å². The summed E-state index contributed by atoms with van der Waals surface area (Å²) >= 11 is 0. The van der Waals surface area contributed by atoms with Gasteiger partial charge in [0.05, 0.1) is 19.1 Å². The second-order valence-corrected chi connectivity index (χ2v) is 5.73. The van der Waals surface area contributed by atoms with Crippen LogP contribution in [0, 0.1) is 5.92 Å². The highest BCUT2D eigenvalue weighted by Crippen LogP contribution is 2.06. The smallest absolute Gasteiger partial charge is 0.309 e. The molecule has 0 heterocycles. The van der Waals surface area contributed by atoms with E-state index < -0.39 is 0 Å². The molecular weight excluding hydrogens is 232 g/mol. The number of nitrogens with one attached hydrogen (secondary N) is 2. The number of amides is 1. The van der Waals surface area contributed by atoms with Crippen molar-refractivity contribution < 1.29 is 14.3 Å². The van der Waals surface area contributed by atoms with Crippen LogP contribution in [0.25, 0.3) is 0 Å². The Bertz CT molecular complexity index is 297. The summed E-state index contributed by atoms with van der Waals surface area (Å²) in [6.45, 7) is 11.2. The van der Waals surface area contributed by atoms with Gasteiger partial charge in [-0.3, -0.25) is 9.59 Å². The molecule has 5 heteroatoms. The van der Waals surface area contributed by atoms with Crippen LogP contribution in [-0.4, -0.2) is 36.6 Å². The molecule has 1 amide bonds. The van der Waals surface area contributed by atoms with Crippen LogP contribution in [0.3, 0.4) is 0 Å². The SMILES string of the molecule is COC(=O)C(C)C(C)NC(C)C(=O)NC(C)(C)C. The van der Waals surface area contributed by atoms with Crippen molar-refractivity contribution in [3.63, 3.8) is 0 Å². The Balaban J connectivity index is 4.35. The number of rotatable bonds is 5. The third-order valence-electron chi connectivity index (χ3n) is 2.73. The summed E-state index contributed by atoms with van der Waals surface area (Å²) in [6, 6.07) is -0.482. The van der Waals surface area contributed by atoms with Crippen LogP contribution < -0.4 is 10.6 Å². The fourth-order valence-electron chi connectivity index (χ4n) is 1.48. The Morgan fingerprint density at radius 1 is 1.11 bits per heavy atom. The standard InChI is InChI=1S/C13H26N2O3/c1-8(12(17)18-7)9(2)14-10(3)11(16)15-13(4,5)6/h8-10,14H,1-7H3,(H,15,16). The third kappa shape index (κ3) is 6.00. The van der Waals surface area contributed by atoms with Gasteiger partial charge < -0.3 is 15.4 Å². The molecule has 2 N–H and O–H groups in total. The molecule has 0 saturated heterocycles. The second kappa shape index (κ2) is 6.73. The molecule has 5 nitrogen and oxygen atoms in total. The van der Waals surface area contributed by atoms with E-state index in [4.69, 9.17) is 0 Å². The quantitative estimate of drug-likeness (QED) is 0.724. The van der Waals surface area contributed by atoms with Crippen LogP contribution in [0.2, 0.25) is 0 Å². The van der Waals surface area contributed by atoms with Gasteiger partial charge in [-0.15, -0.1) is 0 Å². The van der Waals surface area contributed by atoms with Gasteiger partial charge in [-0.2, -0.15) is 0 Å². The fourth-order valence-corrected chi connectivity index (χ4v) is 1.48. The van der Waals surface area contributed by atoms with Crippen molar-refractivity contribution in [1.29, 1.82) is 0 Å². The van der Waals surface area contributed by atoms with E-state index in [-0.39, 0.29) is 35.4 Å². The molecule has 106 valence electrons. The Hall–Kier alpha value is -1.10. The van der Waals surface area contributed by atoms with E-state index in [1.165, 1.54) is 7.11 Å². The summed E-state index contributed by atoms with van der Waals surface area (Å²) in [4.78, 5) is 23.2. The molecule has 3 unspecified atom stereocenters. The van der Waals surface area contributed by atoms with Crippen LogP contribution >= 0.6 is 0 Å². The van der Waals surface area contributed by atoms with Crippen molar-refractivity contribution in [3.05, 3.63) is 0 Å². The summed E-state index contributed by atoms with van der Waals surface area (Å²) in [6.07, 6.45) is 0. The van der Waals surface area contributed by atoms with Gasteiger partial charge in [-0.05, 0) is 34.6 Å². The molecular formula is C13H26N2O3. The number of carbonyl (C=O) groups excluding carboxylic acids is 2. The normalized spacial score (nSPS) is 16.6. The first-order valence-electron chi connectivity index (χ1n) is 6.24. The predicted octanol–water partition coefficient (Wildman–Crippen LogP) is 1.08. The predicted molar refractivity (Wildman–Crippen MR) is 71.1 cm³/mol. The Morgan fingerprint density at radius 3 is 2.00 bits per heavy atom. The van der Waals surface area contributed by atoms with E-state index in [0.717, 1.165) is 0 Å². The molecule has 0 aromatic carbocycles. The molecule has 0 spiro atoms. The van der Waals surface area contributed by atoms with Crippen molar-refractivity contribution in [2.24, 2.45) is 5.92 Å². The van der Waals surface area contributed by atoms with E-state index in [9.17, 15) is 9.59 Å². The Labute approximate surface area is 110 Å². The van der Waals surface area contributed by atoms with Crippen molar-refractivity contribution in [2.45, 2.75) is 59.2 Å². The number of ether oxygens (including phenoxy) is 1. The van der Waals surface area contributed by atoms with Gasteiger partial charge in [0.2, 0.25) is 5.91 Å². The van der Waals surface area contributed by atoms with Gasteiger partial charge in [-0.1, -0.05) is 6.92 Å². The lowest BCUT2D eigenvalue weighted by atomic mass is 10.0. The Morgan fingerprint density at radius 2 is 1.61 bits per heavy atom. The number of hydrogen-bond acceptors (Lipinski definition) is 4. The molecule has 0 saturated carbocycles. The van der Waals surface area contributed by atoms with Crippen LogP contribution in [0.15, 0.2) is 0 Å². The molecule has 3 atom stereocenters. The zero-order valence-electron chi connectivity index (χ0n) is 12.5. The maximum absolute atomic E-state index is 11.9. The van der Waals surface area contributed by atoms with Crippen molar-refractivity contribution >= 4 is 11.9 Å². The van der Waals surface area contributed by atoms with Crippen LogP contribution in [0.4, 0.5) is 0 Å². The van der Waals surface area contributed by atoms with Gasteiger partial charge in [-0.25, -0.2) is 0 Å². The summed E-state index contributed by atoms with van der Waals surface area (Å²) in [5, 5.41) is 5.99. The average Bonchev–Trinajstić information content (AvgIpc) is 2.24. The minimum Gasteiger partial charge on any atom is -0.469 e. The number of carbonyl (C=O) groups is 2. The summed E-state index contributed by atoms with van der Waals surface area (Å²) in [7, 11) is 1.36. The molecule has 0 radical (unpaired) electrons. The molecule has 0 bridgehead atoms. The lowest BCUT2D eigenvalue weighted by Gasteiger charge is -2.27. The van der Waals surface area contributed by atoms with Crippen LogP contribution in [-0.2, 0) is 14.3 Å². The lowest BCUT2D eigenvalue weighted by Crippen LogP contribution is -2.52. The highest BCUT2D eigenvalue weighted by atomic mass is 16.5. The van der Waals surface area contributed by atoms with Gasteiger partial charge in [0.25, 0.3) is 0 Å². The highest BCUT2D eigenvalue weighted by molar-refractivity contribution is 5.82. The van der Waals surface area contributed by atoms with Gasteiger partial charge in [0.15, 0.2) is 0 Å². The first-order valence-corrected chi connectivity index (χ1v) is 6.24. The molecule has 0 aliphatic heterocycles.